The zero-order valence-corrected chi connectivity index (χ0v) is 9.56. The summed E-state index contributed by atoms with van der Waals surface area (Å²) < 4.78 is 24.1. The number of halogens is 4. The Morgan fingerprint density at radius 1 is 1.40 bits per heavy atom. The molecule has 0 amide bonds. The van der Waals surface area contributed by atoms with Crippen LogP contribution in [0.15, 0.2) is 12.1 Å². The van der Waals surface area contributed by atoms with Crippen LogP contribution in [0.2, 0.25) is 10.2 Å². The molecule has 2 nitrogen and oxygen atoms in total. The minimum absolute atomic E-state index is 0.254. The number of rotatable bonds is 4. The first-order chi connectivity index (χ1) is 6.99. The highest BCUT2D eigenvalue weighted by Gasteiger charge is 2.11. The lowest BCUT2D eigenvalue weighted by Crippen LogP contribution is -2.24. The van der Waals surface area contributed by atoms with Gasteiger partial charge in [0.15, 0.2) is 0 Å². The maximum atomic E-state index is 12.0. The zero-order valence-electron chi connectivity index (χ0n) is 8.05. The molecule has 0 fully saturated rings. The van der Waals surface area contributed by atoms with Crippen molar-refractivity contribution in [1.82, 2.24) is 9.88 Å². The van der Waals surface area contributed by atoms with Crippen LogP contribution in [0.4, 0.5) is 8.78 Å². The maximum Gasteiger partial charge on any atom is 0.251 e. The van der Waals surface area contributed by atoms with Gasteiger partial charge in [0.2, 0.25) is 0 Å². The van der Waals surface area contributed by atoms with E-state index in [4.69, 9.17) is 23.2 Å². The number of aromatic nitrogens is 1. The van der Waals surface area contributed by atoms with Gasteiger partial charge in [-0.15, -0.1) is 0 Å². The predicted octanol–water partition coefficient (Wildman–Crippen LogP) is 3.09. The molecule has 0 aromatic carbocycles. The summed E-state index contributed by atoms with van der Waals surface area (Å²) in [6, 6.07) is 3.16. The van der Waals surface area contributed by atoms with Gasteiger partial charge >= 0.3 is 0 Å². The van der Waals surface area contributed by atoms with E-state index in [2.05, 4.69) is 4.98 Å². The van der Waals surface area contributed by atoms with Crippen LogP contribution in [0.5, 0.6) is 0 Å². The van der Waals surface area contributed by atoms with Crippen molar-refractivity contribution in [3.8, 4) is 0 Å². The molecule has 0 spiro atoms. The monoisotopic (exact) mass is 254 g/mol. The summed E-state index contributed by atoms with van der Waals surface area (Å²) in [6.45, 7) is -0.0613. The average Bonchev–Trinajstić information content (AvgIpc) is 2.10. The topological polar surface area (TPSA) is 16.1 Å². The normalized spacial score (nSPS) is 11.4. The molecule has 1 heterocycles. The number of nitrogens with zero attached hydrogens (tertiary/aromatic N) is 2. The van der Waals surface area contributed by atoms with E-state index in [1.165, 1.54) is 4.90 Å². The highest BCUT2D eigenvalue weighted by molar-refractivity contribution is 6.32. The molecule has 6 heteroatoms. The Labute approximate surface area is 96.8 Å². The lowest BCUT2D eigenvalue weighted by molar-refractivity contribution is 0.0971. The summed E-state index contributed by atoms with van der Waals surface area (Å²) in [5.41, 5.74) is 0.507. The first kappa shape index (κ1) is 12.6. The Kier molecular flexibility index (Phi) is 4.70. The van der Waals surface area contributed by atoms with E-state index in [1.54, 1.807) is 19.2 Å². The summed E-state index contributed by atoms with van der Waals surface area (Å²) in [6.07, 6.45) is -2.37. The summed E-state index contributed by atoms with van der Waals surface area (Å²) in [4.78, 5) is 5.41. The van der Waals surface area contributed by atoms with Gasteiger partial charge in [-0.25, -0.2) is 13.8 Å². The van der Waals surface area contributed by atoms with Gasteiger partial charge in [0.1, 0.15) is 5.15 Å². The molecular formula is C9H10Cl2F2N2. The summed E-state index contributed by atoms with van der Waals surface area (Å²) >= 11 is 11.5. The number of hydrogen-bond acceptors (Lipinski definition) is 2. The number of alkyl halides is 2. The Morgan fingerprint density at radius 2 is 2.07 bits per heavy atom. The van der Waals surface area contributed by atoms with Crippen molar-refractivity contribution >= 4 is 23.2 Å². The van der Waals surface area contributed by atoms with Crippen LogP contribution >= 0.6 is 23.2 Å². The summed E-state index contributed by atoms with van der Waals surface area (Å²) in [5, 5.41) is 0.736. The molecule has 0 radical (unpaired) electrons. The third-order valence-corrected chi connectivity index (χ3v) is 2.31. The highest BCUT2D eigenvalue weighted by Crippen LogP contribution is 2.18. The van der Waals surface area contributed by atoms with Gasteiger partial charge in [-0.1, -0.05) is 23.2 Å². The van der Waals surface area contributed by atoms with E-state index in [9.17, 15) is 8.78 Å². The van der Waals surface area contributed by atoms with E-state index in [0.717, 1.165) is 0 Å². The van der Waals surface area contributed by atoms with Crippen molar-refractivity contribution in [3.05, 3.63) is 28.0 Å². The lowest BCUT2D eigenvalue weighted by atomic mass is 10.3. The average molecular weight is 255 g/mol. The molecule has 0 atom stereocenters. The highest BCUT2D eigenvalue weighted by atomic mass is 35.5. The van der Waals surface area contributed by atoms with Crippen LogP contribution in [0.1, 0.15) is 5.69 Å². The molecule has 0 saturated heterocycles. The smallest absolute Gasteiger partial charge is 0.251 e. The van der Waals surface area contributed by atoms with Crippen LogP contribution in [0.3, 0.4) is 0 Å². The number of hydrogen-bond donors (Lipinski definition) is 0. The molecular weight excluding hydrogens is 245 g/mol. The predicted molar refractivity (Wildman–Crippen MR) is 56.6 cm³/mol. The van der Waals surface area contributed by atoms with E-state index in [1.807, 2.05) is 0 Å². The van der Waals surface area contributed by atoms with Gasteiger partial charge in [-0.2, -0.15) is 0 Å². The van der Waals surface area contributed by atoms with Crippen molar-refractivity contribution in [2.75, 3.05) is 13.6 Å². The summed E-state index contributed by atoms with van der Waals surface area (Å²) in [7, 11) is 1.57. The molecule has 15 heavy (non-hydrogen) atoms. The molecule has 0 N–H and O–H groups in total. The van der Waals surface area contributed by atoms with E-state index < -0.39 is 6.43 Å². The fourth-order valence-corrected chi connectivity index (χ4v) is 1.45. The second-order valence-electron chi connectivity index (χ2n) is 3.15. The fourth-order valence-electron chi connectivity index (χ4n) is 1.12. The van der Waals surface area contributed by atoms with Crippen LogP contribution in [0, 0.1) is 0 Å². The van der Waals surface area contributed by atoms with Gasteiger partial charge < -0.3 is 0 Å². The van der Waals surface area contributed by atoms with Crippen LogP contribution in [-0.4, -0.2) is 29.9 Å². The Bertz CT molecular complexity index is 334. The van der Waals surface area contributed by atoms with Gasteiger partial charge in [-0.05, 0) is 19.2 Å². The zero-order chi connectivity index (χ0) is 11.4. The van der Waals surface area contributed by atoms with Gasteiger partial charge in [0.25, 0.3) is 6.43 Å². The fraction of sp³-hybridized carbons (Fsp3) is 0.444. The van der Waals surface area contributed by atoms with E-state index in [0.29, 0.717) is 15.9 Å². The minimum Gasteiger partial charge on any atom is -0.295 e. The maximum absolute atomic E-state index is 12.0. The van der Waals surface area contributed by atoms with Crippen molar-refractivity contribution in [1.29, 1.82) is 0 Å². The Hall–Kier alpha value is -0.450. The number of pyridine rings is 1. The quantitative estimate of drug-likeness (QED) is 0.768. The molecule has 0 aliphatic heterocycles. The van der Waals surface area contributed by atoms with Crippen LogP contribution < -0.4 is 0 Å². The van der Waals surface area contributed by atoms with Gasteiger partial charge in [0, 0.05) is 6.54 Å². The van der Waals surface area contributed by atoms with Gasteiger partial charge in [0.05, 0.1) is 17.3 Å². The molecule has 1 aromatic rings. The van der Waals surface area contributed by atoms with Crippen molar-refractivity contribution < 1.29 is 8.78 Å². The molecule has 1 aromatic heterocycles. The second-order valence-corrected chi connectivity index (χ2v) is 3.94. The molecule has 0 aliphatic rings. The van der Waals surface area contributed by atoms with E-state index >= 15 is 0 Å². The molecule has 84 valence electrons. The molecule has 1 rings (SSSR count). The molecule has 0 saturated carbocycles. The second kappa shape index (κ2) is 5.58. The van der Waals surface area contributed by atoms with Crippen molar-refractivity contribution in [2.45, 2.75) is 13.0 Å². The van der Waals surface area contributed by atoms with Crippen LogP contribution in [0.25, 0.3) is 0 Å². The van der Waals surface area contributed by atoms with Crippen LogP contribution in [-0.2, 0) is 6.54 Å². The SMILES string of the molecule is CN(Cc1nc(Cl)ccc1Cl)CC(F)F. The standard InChI is InChI=1S/C9H10Cl2F2N2/c1-15(5-9(12)13)4-7-6(10)2-3-8(11)14-7/h2-3,9H,4-5H2,1H3. The van der Waals surface area contributed by atoms with E-state index in [-0.39, 0.29) is 13.1 Å². The molecule has 0 aliphatic carbocycles. The summed E-state index contributed by atoms with van der Waals surface area (Å²) in [5.74, 6) is 0. The minimum atomic E-state index is -2.37. The van der Waals surface area contributed by atoms with Crippen molar-refractivity contribution in [3.63, 3.8) is 0 Å². The molecule has 0 unspecified atom stereocenters. The van der Waals surface area contributed by atoms with Crippen molar-refractivity contribution in [2.24, 2.45) is 0 Å². The lowest BCUT2D eigenvalue weighted by Gasteiger charge is -2.15. The third-order valence-electron chi connectivity index (χ3n) is 1.75. The largest absolute Gasteiger partial charge is 0.295 e. The molecule has 0 bridgehead atoms. The first-order valence-electron chi connectivity index (χ1n) is 4.26. The third kappa shape index (κ3) is 4.28. The Balaban J connectivity index is 2.67. The Morgan fingerprint density at radius 3 is 2.67 bits per heavy atom. The first-order valence-corrected chi connectivity index (χ1v) is 5.02. The van der Waals surface area contributed by atoms with Gasteiger partial charge in [-0.3, -0.25) is 4.90 Å².